The standard InChI is InChI=1S/C16H28N2O/c1-6-17-16(12-18(4)9-10-19-5)15-8-7-13(2)14(3)11-15/h7-8,11,16-17H,6,9-10,12H2,1-5H3. The summed E-state index contributed by atoms with van der Waals surface area (Å²) in [5.74, 6) is 0. The Morgan fingerprint density at radius 1 is 1.26 bits per heavy atom. The Kier molecular flexibility index (Phi) is 7.06. The maximum atomic E-state index is 5.13. The van der Waals surface area contributed by atoms with Gasteiger partial charge >= 0.3 is 0 Å². The van der Waals surface area contributed by atoms with E-state index in [4.69, 9.17) is 4.74 Å². The first-order chi connectivity index (χ1) is 9.08. The van der Waals surface area contributed by atoms with E-state index in [1.54, 1.807) is 7.11 Å². The average Bonchev–Trinajstić information content (AvgIpc) is 2.39. The first kappa shape index (κ1) is 16.2. The highest BCUT2D eigenvalue weighted by atomic mass is 16.5. The van der Waals surface area contributed by atoms with E-state index in [0.717, 1.165) is 26.2 Å². The zero-order valence-electron chi connectivity index (χ0n) is 13.0. The van der Waals surface area contributed by atoms with Gasteiger partial charge in [0.1, 0.15) is 0 Å². The number of rotatable bonds is 8. The van der Waals surface area contributed by atoms with Crippen molar-refractivity contribution in [3.05, 3.63) is 34.9 Å². The molecule has 1 atom stereocenters. The van der Waals surface area contributed by atoms with Crippen molar-refractivity contribution >= 4 is 0 Å². The van der Waals surface area contributed by atoms with Gasteiger partial charge in [0.05, 0.1) is 6.61 Å². The summed E-state index contributed by atoms with van der Waals surface area (Å²) in [5, 5.41) is 3.57. The molecule has 0 aliphatic carbocycles. The molecule has 3 nitrogen and oxygen atoms in total. The minimum absolute atomic E-state index is 0.381. The maximum Gasteiger partial charge on any atom is 0.0589 e. The van der Waals surface area contributed by atoms with E-state index >= 15 is 0 Å². The number of nitrogens with one attached hydrogen (secondary N) is 1. The van der Waals surface area contributed by atoms with E-state index in [1.807, 2.05) is 0 Å². The van der Waals surface area contributed by atoms with Gasteiger partial charge in [-0.05, 0) is 44.1 Å². The van der Waals surface area contributed by atoms with E-state index in [0.29, 0.717) is 6.04 Å². The Morgan fingerprint density at radius 2 is 2.00 bits per heavy atom. The molecule has 1 aromatic rings. The van der Waals surface area contributed by atoms with Crippen molar-refractivity contribution < 1.29 is 4.74 Å². The van der Waals surface area contributed by atoms with Crippen molar-refractivity contribution in [2.24, 2.45) is 0 Å². The van der Waals surface area contributed by atoms with Gasteiger partial charge in [-0.3, -0.25) is 0 Å². The van der Waals surface area contributed by atoms with E-state index < -0.39 is 0 Å². The molecule has 0 radical (unpaired) electrons. The Balaban J connectivity index is 2.72. The van der Waals surface area contributed by atoms with Crippen molar-refractivity contribution in [2.75, 3.05) is 40.4 Å². The van der Waals surface area contributed by atoms with Crippen LogP contribution in [0.15, 0.2) is 18.2 Å². The highest BCUT2D eigenvalue weighted by Crippen LogP contribution is 2.18. The molecule has 0 bridgehead atoms. The van der Waals surface area contributed by atoms with Gasteiger partial charge < -0.3 is 15.0 Å². The predicted octanol–water partition coefficient (Wildman–Crippen LogP) is 2.53. The maximum absolute atomic E-state index is 5.13. The van der Waals surface area contributed by atoms with E-state index in [9.17, 15) is 0 Å². The Morgan fingerprint density at radius 3 is 2.58 bits per heavy atom. The van der Waals surface area contributed by atoms with Crippen LogP contribution in [0.2, 0.25) is 0 Å². The topological polar surface area (TPSA) is 24.5 Å². The second-order valence-corrected chi connectivity index (χ2v) is 5.21. The van der Waals surface area contributed by atoms with Crippen LogP contribution in [0.25, 0.3) is 0 Å². The molecular formula is C16H28N2O. The SMILES string of the molecule is CCNC(CN(C)CCOC)c1ccc(C)c(C)c1. The fraction of sp³-hybridized carbons (Fsp3) is 0.625. The summed E-state index contributed by atoms with van der Waals surface area (Å²) < 4.78 is 5.13. The van der Waals surface area contributed by atoms with E-state index in [1.165, 1.54) is 16.7 Å². The van der Waals surface area contributed by atoms with Crippen LogP contribution in [0.4, 0.5) is 0 Å². The lowest BCUT2D eigenvalue weighted by molar-refractivity contribution is 0.155. The van der Waals surface area contributed by atoms with Gasteiger partial charge in [-0.25, -0.2) is 0 Å². The molecule has 0 aromatic heterocycles. The van der Waals surface area contributed by atoms with Gasteiger partial charge in [0.25, 0.3) is 0 Å². The molecule has 1 rings (SSSR count). The van der Waals surface area contributed by atoms with Crippen LogP contribution in [0.3, 0.4) is 0 Å². The quantitative estimate of drug-likeness (QED) is 0.781. The van der Waals surface area contributed by atoms with Crippen LogP contribution in [0.5, 0.6) is 0 Å². The number of nitrogens with zero attached hydrogens (tertiary/aromatic N) is 1. The van der Waals surface area contributed by atoms with Gasteiger partial charge in [-0.2, -0.15) is 0 Å². The minimum atomic E-state index is 0.381. The smallest absolute Gasteiger partial charge is 0.0589 e. The molecule has 3 heteroatoms. The predicted molar refractivity (Wildman–Crippen MR) is 81.7 cm³/mol. The first-order valence-electron chi connectivity index (χ1n) is 7.06. The third-order valence-corrected chi connectivity index (χ3v) is 3.56. The van der Waals surface area contributed by atoms with Crippen LogP contribution in [0, 0.1) is 13.8 Å². The molecule has 1 N–H and O–H groups in total. The molecular weight excluding hydrogens is 236 g/mol. The van der Waals surface area contributed by atoms with Gasteiger partial charge in [-0.15, -0.1) is 0 Å². The Bertz CT molecular complexity index is 379. The third kappa shape index (κ3) is 5.31. The minimum Gasteiger partial charge on any atom is -0.383 e. The van der Waals surface area contributed by atoms with Gasteiger partial charge in [0.2, 0.25) is 0 Å². The summed E-state index contributed by atoms with van der Waals surface area (Å²) in [6.45, 7) is 10.2. The lowest BCUT2D eigenvalue weighted by atomic mass is 10.0. The summed E-state index contributed by atoms with van der Waals surface area (Å²) in [6.07, 6.45) is 0. The lowest BCUT2D eigenvalue weighted by Crippen LogP contribution is -2.34. The molecule has 1 unspecified atom stereocenters. The molecule has 0 heterocycles. The zero-order chi connectivity index (χ0) is 14.3. The average molecular weight is 264 g/mol. The summed E-state index contributed by atoms with van der Waals surface area (Å²) in [7, 11) is 3.89. The molecule has 19 heavy (non-hydrogen) atoms. The highest BCUT2D eigenvalue weighted by Gasteiger charge is 2.13. The van der Waals surface area contributed by atoms with Crippen molar-refractivity contribution in [3.8, 4) is 0 Å². The number of hydrogen-bond acceptors (Lipinski definition) is 3. The van der Waals surface area contributed by atoms with Crippen LogP contribution in [0.1, 0.15) is 29.7 Å². The second kappa shape index (κ2) is 8.31. The van der Waals surface area contributed by atoms with Gasteiger partial charge in [0, 0.05) is 26.2 Å². The largest absolute Gasteiger partial charge is 0.383 e. The fourth-order valence-electron chi connectivity index (χ4n) is 2.17. The van der Waals surface area contributed by atoms with Gasteiger partial charge in [-0.1, -0.05) is 25.1 Å². The monoisotopic (exact) mass is 264 g/mol. The molecule has 0 aliphatic heterocycles. The zero-order valence-corrected chi connectivity index (χ0v) is 13.0. The summed E-state index contributed by atoms with van der Waals surface area (Å²) in [4.78, 5) is 2.31. The van der Waals surface area contributed by atoms with E-state index in [2.05, 4.69) is 56.2 Å². The van der Waals surface area contributed by atoms with Crippen molar-refractivity contribution in [3.63, 3.8) is 0 Å². The number of likely N-dealkylation sites (N-methyl/N-ethyl adjacent to an activating group) is 2. The van der Waals surface area contributed by atoms with Crippen LogP contribution >= 0.6 is 0 Å². The van der Waals surface area contributed by atoms with Crippen molar-refractivity contribution in [2.45, 2.75) is 26.8 Å². The number of aryl methyl sites for hydroxylation is 2. The van der Waals surface area contributed by atoms with Crippen molar-refractivity contribution in [1.29, 1.82) is 0 Å². The second-order valence-electron chi connectivity index (χ2n) is 5.21. The summed E-state index contributed by atoms with van der Waals surface area (Å²) >= 11 is 0. The molecule has 0 amide bonds. The molecule has 0 spiro atoms. The molecule has 108 valence electrons. The number of benzene rings is 1. The van der Waals surface area contributed by atoms with E-state index in [-0.39, 0.29) is 0 Å². The molecule has 0 aliphatic rings. The first-order valence-corrected chi connectivity index (χ1v) is 7.06. The van der Waals surface area contributed by atoms with Crippen LogP contribution in [-0.4, -0.2) is 45.3 Å². The molecule has 0 saturated heterocycles. The summed E-state index contributed by atoms with van der Waals surface area (Å²) in [6, 6.07) is 7.13. The summed E-state index contributed by atoms with van der Waals surface area (Å²) in [5.41, 5.74) is 4.08. The third-order valence-electron chi connectivity index (χ3n) is 3.56. The fourth-order valence-corrected chi connectivity index (χ4v) is 2.17. The number of methoxy groups -OCH3 is 1. The lowest BCUT2D eigenvalue weighted by Gasteiger charge is -2.25. The van der Waals surface area contributed by atoms with Crippen LogP contribution < -0.4 is 5.32 Å². The molecule has 0 saturated carbocycles. The van der Waals surface area contributed by atoms with Crippen molar-refractivity contribution in [1.82, 2.24) is 10.2 Å². The normalized spacial score (nSPS) is 12.9. The highest BCUT2D eigenvalue weighted by molar-refractivity contribution is 5.31. The number of hydrogen-bond donors (Lipinski definition) is 1. The number of ether oxygens (including phenoxy) is 1. The molecule has 0 fully saturated rings. The Labute approximate surface area is 118 Å². The van der Waals surface area contributed by atoms with Crippen LogP contribution in [-0.2, 0) is 4.74 Å². The molecule has 1 aromatic carbocycles. The van der Waals surface area contributed by atoms with Gasteiger partial charge in [0.15, 0.2) is 0 Å². The Hall–Kier alpha value is -0.900.